The molecule has 5 heteroatoms. The predicted octanol–water partition coefficient (Wildman–Crippen LogP) is 1.47. The van der Waals surface area contributed by atoms with Crippen LogP contribution in [0.3, 0.4) is 0 Å². The maximum Gasteiger partial charge on any atom is 0.170 e. The van der Waals surface area contributed by atoms with Crippen LogP contribution in [0.25, 0.3) is 0 Å². The molecule has 1 aliphatic heterocycles. The molecule has 1 aromatic heterocycles. The molecule has 0 amide bonds. The highest BCUT2D eigenvalue weighted by atomic mass is 19.1. The lowest BCUT2D eigenvalue weighted by Gasteiger charge is -2.35. The third-order valence-corrected chi connectivity index (χ3v) is 3.64. The van der Waals surface area contributed by atoms with Gasteiger partial charge in [0.15, 0.2) is 11.6 Å². The van der Waals surface area contributed by atoms with Crippen LogP contribution < -0.4 is 10.2 Å². The van der Waals surface area contributed by atoms with Gasteiger partial charge in [-0.25, -0.2) is 9.37 Å². The van der Waals surface area contributed by atoms with Crippen LogP contribution >= 0.6 is 0 Å². The third kappa shape index (κ3) is 3.42. The quantitative estimate of drug-likeness (QED) is 0.874. The highest BCUT2D eigenvalue weighted by Gasteiger charge is 2.20. The number of aromatic nitrogens is 1. The Labute approximate surface area is 114 Å². The molecular weight excluding hydrogens is 243 g/mol. The molecule has 1 saturated heterocycles. The molecule has 0 aliphatic carbocycles. The van der Waals surface area contributed by atoms with Gasteiger partial charge in [-0.3, -0.25) is 0 Å². The topological polar surface area (TPSA) is 31.4 Å². The average molecular weight is 266 g/mol. The fourth-order valence-electron chi connectivity index (χ4n) is 2.36. The Morgan fingerprint density at radius 2 is 2.00 bits per heavy atom. The summed E-state index contributed by atoms with van der Waals surface area (Å²) in [5, 5.41) is 3.16. The number of hydrogen-bond donors (Lipinski definition) is 1. The smallest absolute Gasteiger partial charge is 0.170 e. The molecule has 0 bridgehead atoms. The molecule has 2 rings (SSSR count). The molecule has 0 aromatic carbocycles. The number of halogens is 1. The molecule has 19 heavy (non-hydrogen) atoms. The van der Waals surface area contributed by atoms with Crippen LogP contribution in [0.1, 0.15) is 19.4 Å². The summed E-state index contributed by atoms with van der Waals surface area (Å²) >= 11 is 0. The van der Waals surface area contributed by atoms with E-state index >= 15 is 0 Å². The van der Waals surface area contributed by atoms with E-state index in [0.717, 1.165) is 39.3 Å². The number of anilines is 1. The molecular formula is C14H23FN4. The van der Waals surface area contributed by atoms with Crippen LogP contribution in [0, 0.1) is 5.82 Å². The van der Waals surface area contributed by atoms with Crippen molar-refractivity contribution in [3.8, 4) is 0 Å². The van der Waals surface area contributed by atoms with E-state index < -0.39 is 0 Å². The molecule has 0 atom stereocenters. The lowest BCUT2D eigenvalue weighted by atomic mass is 10.2. The summed E-state index contributed by atoms with van der Waals surface area (Å²) in [6.45, 7) is 10.3. The maximum atomic E-state index is 14.4. The highest BCUT2D eigenvalue weighted by molar-refractivity contribution is 5.43. The maximum absolute atomic E-state index is 14.4. The zero-order chi connectivity index (χ0) is 13.7. The molecule has 1 aromatic rings. The fourth-order valence-corrected chi connectivity index (χ4v) is 2.36. The summed E-state index contributed by atoms with van der Waals surface area (Å²) in [5.74, 6) is 0.333. The summed E-state index contributed by atoms with van der Waals surface area (Å²) < 4.78 is 14.4. The number of rotatable bonds is 5. The van der Waals surface area contributed by atoms with E-state index in [0.29, 0.717) is 17.9 Å². The molecule has 4 nitrogen and oxygen atoms in total. The molecule has 1 aliphatic rings. The van der Waals surface area contributed by atoms with Crippen molar-refractivity contribution in [2.75, 3.05) is 44.2 Å². The van der Waals surface area contributed by atoms with Crippen molar-refractivity contribution >= 4 is 5.82 Å². The minimum absolute atomic E-state index is 0.173. The van der Waals surface area contributed by atoms with Gasteiger partial charge in [0.1, 0.15) is 0 Å². The first-order valence-electron chi connectivity index (χ1n) is 7.07. The van der Waals surface area contributed by atoms with E-state index in [4.69, 9.17) is 0 Å². The van der Waals surface area contributed by atoms with Gasteiger partial charge in [-0.15, -0.1) is 0 Å². The van der Waals surface area contributed by atoms with Crippen LogP contribution in [-0.4, -0.2) is 49.2 Å². The van der Waals surface area contributed by atoms with Gasteiger partial charge < -0.3 is 15.1 Å². The molecule has 0 spiro atoms. The summed E-state index contributed by atoms with van der Waals surface area (Å²) in [7, 11) is 0. The van der Waals surface area contributed by atoms with E-state index in [-0.39, 0.29) is 5.82 Å². The Balaban J connectivity index is 2.08. The zero-order valence-electron chi connectivity index (χ0n) is 11.8. The third-order valence-electron chi connectivity index (χ3n) is 3.64. The lowest BCUT2D eigenvalue weighted by Crippen LogP contribution is -2.46. The van der Waals surface area contributed by atoms with Crippen LogP contribution in [0.2, 0.25) is 0 Å². The second-order valence-electron chi connectivity index (χ2n) is 4.81. The number of hydrogen-bond acceptors (Lipinski definition) is 4. The van der Waals surface area contributed by atoms with Crippen LogP contribution in [0.4, 0.5) is 10.2 Å². The van der Waals surface area contributed by atoms with Gasteiger partial charge in [0.2, 0.25) is 0 Å². The molecule has 0 saturated carbocycles. The van der Waals surface area contributed by atoms with Crippen molar-refractivity contribution < 1.29 is 4.39 Å². The fraction of sp³-hybridized carbons (Fsp3) is 0.643. The number of piperazine rings is 1. The van der Waals surface area contributed by atoms with Gasteiger partial charge in [-0.1, -0.05) is 13.8 Å². The van der Waals surface area contributed by atoms with Crippen molar-refractivity contribution in [1.29, 1.82) is 0 Å². The Bertz CT molecular complexity index is 402. The molecule has 2 heterocycles. The van der Waals surface area contributed by atoms with Gasteiger partial charge in [0.05, 0.1) is 0 Å². The molecule has 0 unspecified atom stereocenters. The van der Waals surface area contributed by atoms with Crippen molar-refractivity contribution in [3.05, 3.63) is 23.6 Å². The van der Waals surface area contributed by atoms with Crippen molar-refractivity contribution in [2.24, 2.45) is 0 Å². The van der Waals surface area contributed by atoms with Crippen molar-refractivity contribution in [2.45, 2.75) is 20.4 Å². The molecule has 0 radical (unpaired) electrons. The van der Waals surface area contributed by atoms with Crippen LogP contribution in [0.15, 0.2) is 12.3 Å². The first-order valence-corrected chi connectivity index (χ1v) is 7.07. The monoisotopic (exact) mass is 266 g/mol. The van der Waals surface area contributed by atoms with Crippen LogP contribution in [0.5, 0.6) is 0 Å². The second-order valence-corrected chi connectivity index (χ2v) is 4.81. The van der Waals surface area contributed by atoms with Crippen molar-refractivity contribution in [1.82, 2.24) is 15.2 Å². The lowest BCUT2D eigenvalue weighted by molar-refractivity contribution is 0.269. The second kappa shape index (κ2) is 6.82. The number of likely N-dealkylation sites (N-methyl/N-ethyl adjacent to an activating group) is 1. The standard InChI is InChI=1S/C14H23FN4/c1-3-16-11-12-5-6-17-14(13(12)15)19-9-7-18(4-2)8-10-19/h5-6,16H,3-4,7-11H2,1-2H3. The summed E-state index contributed by atoms with van der Waals surface area (Å²) in [6.07, 6.45) is 1.71. The van der Waals surface area contributed by atoms with E-state index in [2.05, 4.69) is 27.0 Å². The van der Waals surface area contributed by atoms with Gasteiger partial charge in [0.25, 0.3) is 0 Å². The SMILES string of the molecule is CCNCc1ccnc(N2CCN(CC)CC2)c1F. The van der Waals surface area contributed by atoms with Gasteiger partial charge in [-0.05, 0) is 19.2 Å². The van der Waals surface area contributed by atoms with Gasteiger partial charge in [-0.2, -0.15) is 0 Å². The Morgan fingerprint density at radius 3 is 2.63 bits per heavy atom. The average Bonchev–Trinajstić information content (AvgIpc) is 2.46. The van der Waals surface area contributed by atoms with E-state index in [1.165, 1.54) is 0 Å². The Morgan fingerprint density at radius 1 is 1.26 bits per heavy atom. The van der Waals surface area contributed by atoms with Gasteiger partial charge >= 0.3 is 0 Å². The first kappa shape index (κ1) is 14.2. The van der Waals surface area contributed by atoms with Gasteiger partial charge in [0, 0.05) is 44.5 Å². The van der Waals surface area contributed by atoms with E-state index in [1.807, 2.05) is 6.92 Å². The zero-order valence-corrected chi connectivity index (χ0v) is 11.8. The largest absolute Gasteiger partial charge is 0.352 e. The molecule has 1 fully saturated rings. The number of nitrogens with zero attached hydrogens (tertiary/aromatic N) is 3. The Kier molecular flexibility index (Phi) is 5.10. The normalized spacial score (nSPS) is 16.9. The summed E-state index contributed by atoms with van der Waals surface area (Å²) in [5.41, 5.74) is 0.699. The van der Waals surface area contributed by atoms with E-state index in [1.54, 1.807) is 12.3 Å². The van der Waals surface area contributed by atoms with Crippen LogP contribution in [-0.2, 0) is 6.54 Å². The predicted molar refractivity (Wildman–Crippen MR) is 75.9 cm³/mol. The molecule has 1 N–H and O–H groups in total. The minimum Gasteiger partial charge on any atom is -0.352 e. The minimum atomic E-state index is -0.173. The highest BCUT2D eigenvalue weighted by Crippen LogP contribution is 2.20. The summed E-state index contributed by atoms with van der Waals surface area (Å²) in [4.78, 5) is 8.65. The Hall–Kier alpha value is -1.20. The first-order chi connectivity index (χ1) is 9.26. The number of nitrogens with one attached hydrogen (secondary N) is 1. The van der Waals surface area contributed by atoms with Crippen molar-refractivity contribution in [3.63, 3.8) is 0 Å². The molecule has 106 valence electrons. The summed E-state index contributed by atoms with van der Waals surface area (Å²) in [6, 6.07) is 1.75. The van der Waals surface area contributed by atoms with E-state index in [9.17, 15) is 4.39 Å². The number of pyridine rings is 1.